The minimum Gasteiger partial charge on any atom is -0.494 e. The van der Waals surface area contributed by atoms with Gasteiger partial charge in [0, 0.05) is 11.1 Å². The van der Waals surface area contributed by atoms with Crippen LogP contribution in [0.4, 0.5) is 13.2 Å². The van der Waals surface area contributed by atoms with Crippen molar-refractivity contribution >= 4 is 0 Å². The molecule has 0 unspecified atom stereocenters. The molecule has 5 heteroatoms. The Bertz CT molecular complexity index is 1680. The van der Waals surface area contributed by atoms with Gasteiger partial charge in [0.2, 0.25) is 0 Å². The molecule has 5 aromatic carbocycles. The standard InChI is InChI=1S/C43H45F3O2/c1-2-3-4-8-11-32-12-14-35(15-13-32)40-28-29-41(43(46)42(40)45)36-20-26-39(27-21-36)48-31-10-7-5-6-9-30-47-38-24-18-34(19-25-38)33-16-22-37(44)23-17-33/h12-29H,2-11,30-31H2,1H3. The summed E-state index contributed by atoms with van der Waals surface area (Å²) in [4.78, 5) is 0. The lowest BCUT2D eigenvalue weighted by atomic mass is 9.97. The molecule has 0 aliphatic carbocycles. The van der Waals surface area contributed by atoms with Gasteiger partial charge in [-0.25, -0.2) is 13.2 Å². The Labute approximate surface area is 283 Å². The highest BCUT2D eigenvalue weighted by Gasteiger charge is 2.16. The van der Waals surface area contributed by atoms with E-state index < -0.39 is 11.6 Å². The van der Waals surface area contributed by atoms with E-state index in [0.717, 1.165) is 61.8 Å². The highest BCUT2D eigenvalue weighted by molar-refractivity contribution is 5.72. The summed E-state index contributed by atoms with van der Waals surface area (Å²) in [6.45, 7) is 3.47. The van der Waals surface area contributed by atoms with Gasteiger partial charge in [0.15, 0.2) is 11.6 Å². The van der Waals surface area contributed by atoms with Gasteiger partial charge in [-0.05, 0) is 89.9 Å². The van der Waals surface area contributed by atoms with Gasteiger partial charge >= 0.3 is 0 Å². The van der Waals surface area contributed by atoms with Crippen LogP contribution in [-0.4, -0.2) is 13.2 Å². The van der Waals surface area contributed by atoms with Gasteiger partial charge < -0.3 is 9.47 Å². The van der Waals surface area contributed by atoms with Crippen molar-refractivity contribution in [2.24, 2.45) is 0 Å². The topological polar surface area (TPSA) is 18.5 Å². The zero-order chi connectivity index (χ0) is 33.6. The number of benzene rings is 5. The summed E-state index contributed by atoms with van der Waals surface area (Å²) in [5.41, 5.74) is 5.02. The number of hydrogen-bond donors (Lipinski definition) is 0. The van der Waals surface area contributed by atoms with Crippen LogP contribution in [0, 0.1) is 17.5 Å². The van der Waals surface area contributed by atoms with E-state index in [-0.39, 0.29) is 16.9 Å². The van der Waals surface area contributed by atoms with Gasteiger partial charge in [-0.1, -0.05) is 118 Å². The summed E-state index contributed by atoms with van der Waals surface area (Å²) >= 11 is 0. The monoisotopic (exact) mass is 650 g/mol. The van der Waals surface area contributed by atoms with Crippen LogP contribution in [0.5, 0.6) is 11.5 Å². The van der Waals surface area contributed by atoms with E-state index in [0.29, 0.717) is 30.1 Å². The van der Waals surface area contributed by atoms with Crippen LogP contribution in [0.2, 0.25) is 0 Å². The maximum absolute atomic E-state index is 15.2. The molecule has 5 aromatic rings. The quantitative estimate of drug-likeness (QED) is 0.0879. The van der Waals surface area contributed by atoms with Crippen molar-refractivity contribution in [3.8, 4) is 44.9 Å². The second-order valence-corrected chi connectivity index (χ2v) is 12.3. The van der Waals surface area contributed by atoms with Gasteiger partial charge in [0.25, 0.3) is 0 Å². The number of hydrogen-bond acceptors (Lipinski definition) is 2. The number of halogens is 3. The first-order valence-corrected chi connectivity index (χ1v) is 17.3. The number of aryl methyl sites for hydroxylation is 1. The second-order valence-electron chi connectivity index (χ2n) is 12.3. The molecule has 0 atom stereocenters. The lowest BCUT2D eigenvalue weighted by Crippen LogP contribution is -1.99. The van der Waals surface area contributed by atoms with Crippen LogP contribution >= 0.6 is 0 Å². The molecular weight excluding hydrogens is 605 g/mol. The summed E-state index contributed by atoms with van der Waals surface area (Å²) in [7, 11) is 0. The molecule has 250 valence electrons. The Morgan fingerprint density at radius 1 is 0.417 bits per heavy atom. The second kappa shape index (κ2) is 18.1. The first-order valence-electron chi connectivity index (χ1n) is 17.3. The molecule has 5 rings (SSSR count). The minimum atomic E-state index is -0.838. The fourth-order valence-electron chi connectivity index (χ4n) is 5.83. The highest BCUT2D eigenvalue weighted by atomic mass is 19.2. The van der Waals surface area contributed by atoms with Crippen LogP contribution in [0.25, 0.3) is 33.4 Å². The highest BCUT2D eigenvalue weighted by Crippen LogP contribution is 2.32. The van der Waals surface area contributed by atoms with Crippen molar-refractivity contribution < 1.29 is 22.6 Å². The number of rotatable bonds is 18. The lowest BCUT2D eigenvalue weighted by Gasteiger charge is -2.11. The van der Waals surface area contributed by atoms with E-state index in [4.69, 9.17) is 9.47 Å². The lowest BCUT2D eigenvalue weighted by molar-refractivity contribution is 0.293. The molecule has 0 aromatic heterocycles. The molecule has 0 radical (unpaired) electrons. The molecule has 0 spiro atoms. The molecule has 0 aliphatic heterocycles. The van der Waals surface area contributed by atoms with Crippen molar-refractivity contribution in [2.75, 3.05) is 13.2 Å². The van der Waals surface area contributed by atoms with E-state index >= 15 is 8.78 Å². The van der Waals surface area contributed by atoms with Gasteiger partial charge in [0.05, 0.1) is 13.2 Å². The summed E-state index contributed by atoms with van der Waals surface area (Å²) in [5, 5.41) is 0. The van der Waals surface area contributed by atoms with Crippen LogP contribution in [0.3, 0.4) is 0 Å². The van der Waals surface area contributed by atoms with E-state index in [1.165, 1.54) is 37.0 Å². The normalized spacial score (nSPS) is 11.1. The van der Waals surface area contributed by atoms with Gasteiger partial charge in [-0.3, -0.25) is 0 Å². The summed E-state index contributed by atoms with van der Waals surface area (Å²) in [6, 6.07) is 32.6. The Morgan fingerprint density at radius 3 is 1.33 bits per heavy atom. The maximum Gasteiger partial charge on any atom is 0.167 e. The molecule has 0 fully saturated rings. The van der Waals surface area contributed by atoms with Crippen molar-refractivity contribution in [2.45, 2.75) is 71.1 Å². The fraction of sp³-hybridized carbons (Fsp3) is 0.302. The largest absolute Gasteiger partial charge is 0.494 e. The van der Waals surface area contributed by atoms with Crippen molar-refractivity contribution in [1.29, 1.82) is 0 Å². The third-order valence-electron chi connectivity index (χ3n) is 8.69. The Hall–Kier alpha value is -4.51. The van der Waals surface area contributed by atoms with Crippen LogP contribution < -0.4 is 9.47 Å². The molecular formula is C43H45F3O2. The third-order valence-corrected chi connectivity index (χ3v) is 8.69. The van der Waals surface area contributed by atoms with Gasteiger partial charge in [0.1, 0.15) is 17.3 Å². The zero-order valence-corrected chi connectivity index (χ0v) is 27.8. The smallest absolute Gasteiger partial charge is 0.167 e. The van der Waals surface area contributed by atoms with Crippen LogP contribution in [0.1, 0.15) is 70.3 Å². The Balaban J connectivity index is 0.987. The van der Waals surface area contributed by atoms with E-state index in [2.05, 4.69) is 6.92 Å². The predicted molar refractivity (Wildman–Crippen MR) is 191 cm³/mol. The van der Waals surface area contributed by atoms with Crippen LogP contribution in [-0.2, 0) is 6.42 Å². The molecule has 2 nitrogen and oxygen atoms in total. The number of unbranched alkanes of at least 4 members (excludes halogenated alkanes) is 7. The minimum absolute atomic E-state index is 0.237. The third kappa shape index (κ3) is 10.00. The average molecular weight is 651 g/mol. The molecule has 0 amide bonds. The van der Waals surface area contributed by atoms with E-state index in [1.54, 1.807) is 36.4 Å². The Morgan fingerprint density at radius 2 is 0.833 bits per heavy atom. The molecule has 0 saturated carbocycles. The molecule has 0 N–H and O–H groups in total. The van der Waals surface area contributed by atoms with Crippen molar-refractivity contribution in [1.82, 2.24) is 0 Å². The molecule has 0 heterocycles. The molecule has 0 aliphatic rings. The SMILES string of the molecule is CCCCCCc1ccc(-c2ccc(-c3ccc(OCCCCCCCOc4ccc(-c5ccc(F)cc5)cc4)cc3)c(F)c2F)cc1. The van der Waals surface area contributed by atoms with E-state index in [1.807, 2.05) is 60.7 Å². The van der Waals surface area contributed by atoms with E-state index in [9.17, 15) is 4.39 Å². The summed E-state index contributed by atoms with van der Waals surface area (Å²) < 4.78 is 55.3. The maximum atomic E-state index is 15.2. The van der Waals surface area contributed by atoms with Crippen molar-refractivity contribution in [3.05, 3.63) is 132 Å². The van der Waals surface area contributed by atoms with Crippen molar-refractivity contribution in [3.63, 3.8) is 0 Å². The van der Waals surface area contributed by atoms with Gasteiger partial charge in [-0.2, -0.15) is 0 Å². The van der Waals surface area contributed by atoms with Crippen LogP contribution in [0.15, 0.2) is 109 Å². The first-order chi connectivity index (χ1) is 23.5. The molecule has 48 heavy (non-hydrogen) atoms. The zero-order valence-electron chi connectivity index (χ0n) is 27.8. The van der Waals surface area contributed by atoms with Gasteiger partial charge in [-0.15, -0.1) is 0 Å². The number of ether oxygens (including phenoxy) is 2. The molecule has 0 bridgehead atoms. The summed E-state index contributed by atoms with van der Waals surface area (Å²) in [5.74, 6) is -0.357. The predicted octanol–water partition coefficient (Wildman–Crippen LogP) is 12.6. The molecule has 0 saturated heterocycles. The fourth-order valence-corrected chi connectivity index (χ4v) is 5.83. The average Bonchev–Trinajstić information content (AvgIpc) is 3.12. The first kappa shape index (κ1) is 34.8. The summed E-state index contributed by atoms with van der Waals surface area (Å²) in [6.07, 6.45) is 11.0. The Kier molecular flexibility index (Phi) is 13.2.